The van der Waals surface area contributed by atoms with Crippen LogP contribution in [0.1, 0.15) is 12.5 Å². The summed E-state index contributed by atoms with van der Waals surface area (Å²) >= 11 is 0. The van der Waals surface area contributed by atoms with Gasteiger partial charge in [0, 0.05) is 22.4 Å². The van der Waals surface area contributed by atoms with Gasteiger partial charge in [-0.2, -0.15) is 0 Å². The van der Waals surface area contributed by atoms with Gasteiger partial charge in [0.1, 0.15) is 0 Å². The second kappa shape index (κ2) is 7.03. The van der Waals surface area contributed by atoms with Crippen LogP contribution in [0.15, 0.2) is 30.3 Å². The maximum Gasteiger partial charge on any atom is 0 e. The zero-order chi connectivity index (χ0) is 5.82. The van der Waals surface area contributed by atoms with Crippen molar-refractivity contribution >= 4 is 0 Å². The van der Waals surface area contributed by atoms with E-state index in [-0.39, 0.29) is 28.5 Å². The van der Waals surface area contributed by atoms with Crippen LogP contribution in [0.25, 0.3) is 0 Å². The summed E-state index contributed by atoms with van der Waals surface area (Å²) in [5.41, 5.74) is 1.41. The molecule has 0 saturated heterocycles. The van der Waals surface area contributed by atoms with Crippen molar-refractivity contribution in [1.82, 2.24) is 6.15 Å². The van der Waals surface area contributed by atoms with Gasteiger partial charge in [-0.15, -0.1) is 0 Å². The number of rotatable bonds is 1. The smallest absolute Gasteiger partial charge is 0 e. The van der Waals surface area contributed by atoms with E-state index in [1.54, 1.807) is 0 Å². The first-order valence-electron chi connectivity index (χ1n) is 2.97. The molecular weight excluding hydrogens is 218 g/mol. The fourth-order valence-electron chi connectivity index (χ4n) is 0.714. The van der Waals surface area contributed by atoms with Gasteiger partial charge < -0.3 is 6.15 Å². The third-order valence-corrected chi connectivity index (χ3v) is 1.25. The molecule has 10 heavy (non-hydrogen) atoms. The van der Waals surface area contributed by atoms with Gasteiger partial charge in [-0.25, -0.2) is 0 Å². The molecule has 0 fully saturated rings. The van der Waals surface area contributed by atoms with Crippen LogP contribution in [-0.4, -0.2) is 0 Å². The Balaban J connectivity index is 0. The molecule has 0 spiro atoms. The predicted octanol–water partition coefficient (Wildman–Crippen LogP) is 2.41. The monoisotopic (exact) mass is 230 g/mol. The summed E-state index contributed by atoms with van der Waals surface area (Å²) in [6, 6.07) is 10.5. The van der Waals surface area contributed by atoms with Crippen LogP contribution in [0.5, 0.6) is 0 Å². The minimum absolute atomic E-state index is 0. The first-order valence-corrected chi connectivity index (χ1v) is 2.97. The topological polar surface area (TPSA) is 35.0 Å². The molecule has 1 aromatic carbocycles. The molecule has 0 aliphatic rings. The van der Waals surface area contributed by atoms with Gasteiger partial charge in [0.2, 0.25) is 0 Å². The Hall–Kier alpha value is -0.0797. The molecule has 0 heterocycles. The second-order valence-electron chi connectivity index (χ2n) is 1.84. The number of aryl methyl sites for hydroxylation is 1. The first-order chi connectivity index (χ1) is 3.93. The Bertz CT molecular complexity index is 151. The zero-order valence-corrected chi connectivity index (χ0v) is 7.58. The van der Waals surface area contributed by atoms with Crippen molar-refractivity contribution in [2.24, 2.45) is 0 Å². The molecule has 0 bridgehead atoms. The Morgan fingerprint density at radius 2 is 1.60 bits per heavy atom. The van der Waals surface area contributed by atoms with Crippen LogP contribution in [0.4, 0.5) is 0 Å². The Labute approximate surface area is 77.9 Å². The molecule has 0 aliphatic carbocycles. The molecular formula is C8H13AgN. The Morgan fingerprint density at radius 3 is 1.90 bits per heavy atom. The SMILES string of the molecule is CCc1ccccc1.N.[Ag]. The van der Waals surface area contributed by atoms with Gasteiger partial charge >= 0.3 is 0 Å². The normalized spacial score (nSPS) is 7.30. The van der Waals surface area contributed by atoms with E-state index in [0.717, 1.165) is 6.42 Å². The van der Waals surface area contributed by atoms with E-state index in [4.69, 9.17) is 0 Å². The van der Waals surface area contributed by atoms with Gasteiger partial charge in [-0.3, -0.25) is 0 Å². The molecule has 0 unspecified atom stereocenters. The summed E-state index contributed by atoms with van der Waals surface area (Å²) in [4.78, 5) is 0. The minimum atomic E-state index is 0. The third kappa shape index (κ3) is 3.85. The van der Waals surface area contributed by atoms with E-state index in [9.17, 15) is 0 Å². The molecule has 1 nitrogen and oxygen atoms in total. The van der Waals surface area contributed by atoms with E-state index in [0.29, 0.717) is 0 Å². The zero-order valence-electron chi connectivity index (χ0n) is 6.10. The predicted molar refractivity (Wildman–Crippen MR) is 40.8 cm³/mol. The molecule has 61 valence electrons. The maximum atomic E-state index is 2.16. The molecule has 1 radical (unpaired) electrons. The van der Waals surface area contributed by atoms with E-state index in [2.05, 4.69) is 31.2 Å². The molecule has 0 amide bonds. The molecule has 0 aromatic heterocycles. The summed E-state index contributed by atoms with van der Waals surface area (Å²) in [6.07, 6.45) is 1.14. The van der Waals surface area contributed by atoms with Gasteiger partial charge in [-0.05, 0) is 12.0 Å². The van der Waals surface area contributed by atoms with Crippen LogP contribution in [0.2, 0.25) is 0 Å². The van der Waals surface area contributed by atoms with Gasteiger partial charge in [0.05, 0.1) is 0 Å². The van der Waals surface area contributed by atoms with Gasteiger partial charge in [0.25, 0.3) is 0 Å². The van der Waals surface area contributed by atoms with E-state index >= 15 is 0 Å². The molecule has 3 N–H and O–H groups in total. The fourth-order valence-corrected chi connectivity index (χ4v) is 0.714. The molecule has 1 rings (SSSR count). The number of hydrogen-bond donors (Lipinski definition) is 1. The molecule has 0 aliphatic heterocycles. The van der Waals surface area contributed by atoms with Crippen LogP contribution in [0, 0.1) is 0 Å². The largest absolute Gasteiger partial charge is 0.344 e. The van der Waals surface area contributed by atoms with Crippen molar-refractivity contribution in [1.29, 1.82) is 0 Å². The number of hydrogen-bond acceptors (Lipinski definition) is 1. The second-order valence-corrected chi connectivity index (χ2v) is 1.84. The van der Waals surface area contributed by atoms with Crippen molar-refractivity contribution in [3.05, 3.63) is 35.9 Å². The summed E-state index contributed by atoms with van der Waals surface area (Å²) in [5, 5.41) is 0. The number of benzene rings is 1. The van der Waals surface area contributed by atoms with Crippen LogP contribution < -0.4 is 6.15 Å². The van der Waals surface area contributed by atoms with Crippen LogP contribution in [-0.2, 0) is 28.8 Å². The van der Waals surface area contributed by atoms with E-state index < -0.39 is 0 Å². The van der Waals surface area contributed by atoms with Crippen molar-refractivity contribution in [3.8, 4) is 0 Å². The van der Waals surface area contributed by atoms with Crippen molar-refractivity contribution in [2.75, 3.05) is 0 Å². The molecule has 2 heteroatoms. The molecule has 1 aromatic rings. The Kier molecular flexibility index (Phi) is 8.85. The molecule has 0 atom stereocenters. The summed E-state index contributed by atoms with van der Waals surface area (Å²) in [6.45, 7) is 2.16. The average molecular weight is 231 g/mol. The van der Waals surface area contributed by atoms with Crippen LogP contribution >= 0.6 is 0 Å². The fraction of sp³-hybridized carbons (Fsp3) is 0.250. The summed E-state index contributed by atoms with van der Waals surface area (Å²) < 4.78 is 0. The van der Waals surface area contributed by atoms with Gasteiger partial charge in [0.15, 0.2) is 0 Å². The van der Waals surface area contributed by atoms with Gasteiger partial charge in [-0.1, -0.05) is 37.3 Å². The van der Waals surface area contributed by atoms with Crippen molar-refractivity contribution in [3.63, 3.8) is 0 Å². The first kappa shape index (κ1) is 12.6. The maximum absolute atomic E-state index is 2.16. The molecule has 0 saturated carbocycles. The van der Waals surface area contributed by atoms with E-state index in [1.165, 1.54) is 5.56 Å². The third-order valence-electron chi connectivity index (χ3n) is 1.25. The minimum Gasteiger partial charge on any atom is -0.344 e. The van der Waals surface area contributed by atoms with Crippen molar-refractivity contribution in [2.45, 2.75) is 13.3 Å². The summed E-state index contributed by atoms with van der Waals surface area (Å²) in [5.74, 6) is 0. The standard InChI is InChI=1S/C8H10.Ag.H3N/c1-2-8-6-4-3-5-7-8;;/h3-7H,2H2,1H3;;1H3. The van der Waals surface area contributed by atoms with E-state index in [1.807, 2.05) is 6.07 Å². The Morgan fingerprint density at radius 1 is 1.10 bits per heavy atom. The average Bonchev–Trinajstić information content (AvgIpc) is 1.90. The quantitative estimate of drug-likeness (QED) is 0.740. The van der Waals surface area contributed by atoms with Crippen LogP contribution in [0.3, 0.4) is 0 Å². The summed E-state index contributed by atoms with van der Waals surface area (Å²) in [7, 11) is 0. The van der Waals surface area contributed by atoms with Crippen molar-refractivity contribution < 1.29 is 22.4 Å².